The second kappa shape index (κ2) is 9.94. The molecule has 3 aromatic heterocycles. The molecule has 4 heterocycles. The lowest BCUT2D eigenvalue weighted by Crippen LogP contribution is -2.46. The zero-order chi connectivity index (χ0) is 24.3. The van der Waals surface area contributed by atoms with Crippen LogP contribution >= 0.6 is 11.8 Å². The molecule has 8 nitrogen and oxygen atoms in total. The van der Waals surface area contributed by atoms with E-state index in [1.807, 2.05) is 11.9 Å². The van der Waals surface area contributed by atoms with Crippen molar-refractivity contribution < 1.29 is 17.6 Å². The summed E-state index contributed by atoms with van der Waals surface area (Å²) in [5.74, 6) is 5.66. The van der Waals surface area contributed by atoms with E-state index in [0.717, 1.165) is 0 Å². The number of halogens is 4. The smallest absolute Gasteiger partial charge is 0.376 e. The minimum Gasteiger partial charge on any atom is -0.376 e. The maximum absolute atomic E-state index is 14.5. The van der Waals surface area contributed by atoms with E-state index in [4.69, 9.17) is 0 Å². The fourth-order valence-corrected chi connectivity index (χ4v) is 4.26. The Bertz CT molecular complexity index is 1280. The summed E-state index contributed by atoms with van der Waals surface area (Å²) < 4.78 is 55.7. The van der Waals surface area contributed by atoms with E-state index < -0.39 is 23.4 Å². The highest BCUT2D eigenvalue weighted by molar-refractivity contribution is 8.00. The van der Waals surface area contributed by atoms with Crippen LogP contribution in [0.25, 0.3) is 5.65 Å². The molecule has 13 heteroatoms. The average Bonchev–Trinajstić information content (AvgIpc) is 3.10. The van der Waals surface area contributed by atoms with Gasteiger partial charge in [0, 0.05) is 37.2 Å². The monoisotopic (exact) mass is 495 g/mol. The fourth-order valence-electron chi connectivity index (χ4n) is 3.60. The van der Waals surface area contributed by atoms with Crippen molar-refractivity contribution in [2.45, 2.75) is 29.2 Å². The highest BCUT2D eigenvalue weighted by Gasteiger charge is 2.33. The van der Waals surface area contributed by atoms with Gasteiger partial charge < -0.3 is 20.5 Å². The standard InChI is InChI=1S/C21H21F4N7OS/c1-31-11-7-14(13(22)12-31)28-15-5-3-10-32-18(15)29-16(19(32)34-21(23,24)25)4-2-8-26-17-6-9-27-20(33)30-17/h3,5-6,9-10,13-14,28H,7-8,11-12H2,1H3,(H2,26,27,30,33)/t13-,14+/m0/s1. The molecule has 34 heavy (non-hydrogen) atoms. The number of fused-ring (bicyclic) bond motifs is 1. The van der Waals surface area contributed by atoms with Crippen molar-refractivity contribution in [3.63, 3.8) is 0 Å². The number of piperidine rings is 1. The number of aromatic nitrogens is 4. The topological polar surface area (TPSA) is 90.3 Å². The van der Waals surface area contributed by atoms with E-state index in [9.17, 15) is 22.4 Å². The Morgan fingerprint density at radius 3 is 2.88 bits per heavy atom. The van der Waals surface area contributed by atoms with Gasteiger partial charge in [0.05, 0.1) is 18.3 Å². The summed E-state index contributed by atoms with van der Waals surface area (Å²) in [7, 11) is 1.84. The van der Waals surface area contributed by atoms with Gasteiger partial charge in [-0.3, -0.25) is 4.40 Å². The lowest BCUT2D eigenvalue weighted by atomic mass is 10.0. The van der Waals surface area contributed by atoms with Gasteiger partial charge in [0.2, 0.25) is 0 Å². The van der Waals surface area contributed by atoms with E-state index in [1.165, 1.54) is 22.9 Å². The summed E-state index contributed by atoms with van der Waals surface area (Å²) >= 11 is -0.313. The first-order valence-corrected chi connectivity index (χ1v) is 11.2. The number of pyridine rings is 1. The SMILES string of the molecule is CN1CC[C@@H](Nc2cccn3c(SC(F)(F)F)c(C#CCNc4cc[nH]c(=O)n4)nc23)[C@@H](F)C1. The first-order valence-electron chi connectivity index (χ1n) is 10.3. The zero-order valence-electron chi connectivity index (χ0n) is 18.0. The fraction of sp³-hybridized carbons (Fsp3) is 0.381. The Hall–Kier alpha value is -3.24. The van der Waals surface area contributed by atoms with Crippen LogP contribution in [0.1, 0.15) is 12.1 Å². The number of aromatic amines is 1. The number of nitrogens with one attached hydrogen (secondary N) is 3. The Labute approximate surface area is 196 Å². The third kappa shape index (κ3) is 5.81. The van der Waals surface area contributed by atoms with Gasteiger partial charge >= 0.3 is 11.2 Å². The van der Waals surface area contributed by atoms with E-state index in [0.29, 0.717) is 18.7 Å². The molecule has 0 amide bonds. The predicted molar refractivity (Wildman–Crippen MR) is 122 cm³/mol. The van der Waals surface area contributed by atoms with Gasteiger partial charge in [0.25, 0.3) is 0 Å². The van der Waals surface area contributed by atoms with Gasteiger partial charge in [0.15, 0.2) is 5.65 Å². The largest absolute Gasteiger partial charge is 0.447 e. The van der Waals surface area contributed by atoms with Crippen LogP contribution in [0.3, 0.4) is 0 Å². The Kier molecular flexibility index (Phi) is 6.99. The Morgan fingerprint density at radius 1 is 1.32 bits per heavy atom. The molecule has 1 aliphatic heterocycles. The number of hydrogen-bond donors (Lipinski definition) is 3. The van der Waals surface area contributed by atoms with Gasteiger partial charge in [-0.1, -0.05) is 5.92 Å². The summed E-state index contributed by atoms with van der Waals surface area (Å²) in [4.78, 5) is 23.5. The van der Waals surface area contributed by atoms with E-state index in [2.05, 4.69) is 37.4 Å². The highest BCUT2D eigenvalue weighted by atomic mass is 32.2. The number of hydrogen-bond acceptors (Lipinski definition) is 7. The molecule has 0 aromatic carbocycles. The normalized spacial score (nSPS) is 19.0. The molecule has 0 spiro atoms. The summed E-state index contributed by atoms with van der Waals surface area (Å²) in [5.41, 5.74) is -4.49. The van der Waals surface area contributed by atoms with Crippen molar-refractivity contribution in [1.29, 1.82) is 0 Å². The minimum atomic E-state index is -4.55. The predicted octanol–water partition coefficient (Wildman–Crippen LogP) is 2.95. The number of anilines is 2. The summed E-state index contributed by atoms with van der Waals surface area (Å²) in [6.45, 7) is 1.01. The number of rotatable bonds is 5. The summed E-state index contributed by atoms with van der Waals surface area (Å²) in [6, 6.07) is 4.29. The van der Waals surface area contributed by atoms with Gasteiger partial charge in [0.1, 0.15) is 22.7 Å². The van der Waals surface area contributed by atoms with Crippen LogP contribution in [0, 0.1) is 11.8 Å². The van der Waals surface area contributed by atoms with Crippen molar-refractivity contribution in [1.82, 2.24) is 24.3 Å². The lowest BCUT2D eigenvalue weighted by molar-refractivity contribution is -0.0329. The molecule has 0 bridgehead atoms. The van der Waals surface area contributed by atoms with E-state index in [-0.39, 0.29) is 47.0 Å². The molecular weight excluding hydrogens is 474 g/mol. The number of alkyl halides is 4. The third-order valence-corrected chi connectivity index (χ3v) is 5.95. The number of nitrogens with zero attached hydrogens (tertiary/aromatic N) is 4. The lowest BCUT2D eigenvalue weighted by Gasteiger charge is -2.33. The molecule has 1 aliphatic rings. The molecule has 0 saturated carbocycles. The van der Waals surface area contributed by atoms with Crippen LogP contribution in [0.2, 0.25) is 0 Å². The van der Waals surface area contributed by atoms with Gasteiger partial charge in [-0.15, -0.1) is 0 Å². The summed E-state index contributed by atoms with van der Waals surface area (Å²) in [6.07, 6.45) is 2.30. The molecule has 4 rings (SSSR count). The zero-order valence-corrected chi connectivity index (χ0v) is 18.8. The van der Waals surface area contributed by atoms with Gasteiger partial charge in [-0.05, 0) is 37.6 Å². The first-order chi connectivity index (χ1) is 16.2. The molecule has 3 aromatic rings. The van der Waals surface area contributed by atoms with Crippen LogP contribution in [0.5, 0.6) is 0 Å². The number of imidazole rings is 1. The van der Waals surface area contributed by atoms with Crippen molar-refractivity contribution in [2.75, 3.05) is 37.3 Å². The maximum Gasteiger partial charge on any atom is 0.447 e. The number of thioether (sulfide) groups is 1. The number of likely N-dealkylation sites (tertiary alicyclic amines) is 1. The molecule has 3 N–H and O–H groups in total. The minimum absolute atomic E-state index is 0.0324. The van der Waals surface area contributed by atoms with Crippen LogP contribution < -0.4 is 16.3 Å². The van der Waals surface area contributed by atoms with Crippen molar-refractivity contribution in [3.8, 4) is 11.8 Å². The van der Waals surface area contributed by atoms with E-state index >= 15 is 0 Å². The van der Waals surface area contributed by atoms with Crippen molar-refractivity contribution >= 4 is 28.9 Å². The molecule has 0 unspecified atom stereocenters. The molecule has 2 atom stereocenters. The van der Waals surface area contributed by atoms with Crippen LogP contribution in [-0.4, -0.2) is 68.7 Å². The highest BCUT2D eigenvalue weighted by Crippen LogP contribution is 2.39. The van der Waals surface area contributed by atoms with Crippen LogP contribution in [0.4, 0.5) is 29.1 Å². The molecule has 1 fully saturated rings. The van der Waals surface area contributed by atoms with Crippen LogP contribution in [-0.2, 0) is 0 Å². The molecule has 1 saturated heterocycles. The van der Waals surface area contributed by atoms with Gasteiger partial charge in [-0.2, -0.15) is 18.2 Å². The first kappa shape index (κ1) is 23.9. The maximum atomic E-state index is 14.5. The second-order valence-corrected chi connectivity index (χ2v) is 8.74. The molecule has 180 valence electrons. The second-order valence-electron chi connectivity index (χ2n) is 7.68. The third-order valence-electron chi connectivity index (χ3n) is 5.14. The molecular formula is C21H21F4N7OS. The molecule has 0 aliphatic carbocycles. The number of H-pyrrole nitrogens is 1. The Morgan fingerprint density at radius 2 is 2.15 bits per heavy atom. The average molecular weight is 496 g/mol. The summed E-state index contributed by atoms with van der Waals surface area (Å²) in [5, 5.41) is 5.73. The van der Waals surface area contributed by atoms with Crippen molar-refractivity contribution in [2.24, 2.45) is 0 Å². The van der Waals surface area contributed by atoms with Crippen LogP contribution in [0.15, 0.2) is 40.4 Å². The van der Waals surface area contributed by atoms with Gasteiger partial charge in [-0.25, -0.2) is 14.2 Å². The van der Waals surface area contributed by atoms with E-state index in [1.54, 1.807) is 12.1 Å². The molecule has 0 radical (unpaired) electrons. The van der Waals surface area contributed by atoms with Crippen molar-refractivity contribution in [3.05, 3.63) is 46.8 Å². The Balaban J connectivity index is 1.62. The quantitative estimate of drug-likeness (QED) is 0.285.